The van der Waals surface area contributed by atoms with Crippen LogP contribution in [0.25, 0.3) is 10.4 Å². The third-order valence-corrected chi connectivity index (χ3v) is 13.4. The quantitative estimate of drug-likeness (QED) is 0.0499. The van der Waals surface area contributed by atoms with Crippen molar-refractivity contribution in [1.29, 1.82) is 0 Å². The molecule has 400 valence electrons. The van der Waals surface area contributed by atoms with E-state index in [0.29, 0.717) is 18.4 Å². The Hall–Kier alpha value is -6.75. The van der Waals surface area contributed by atoms with Crippen molar-refractivity contribution in [2.24, 2.45) is 22.1 Å². The van der Waals surface area contributed by atoms with E-state index in [-0.39, 0.29) is 83.1 Å². The fourth-order valence-electron chi connectivity index (χ4n) is 8.59. The van der Waals surface area contributed by atoms with Crippen LogP contribution >= 0.6 is 11.3 Å². The van der Waals surface area contributed by atoms with E-state index in [2.05, 4.69) is 41.9 Å². The number of hydrogen-bond acceptors (Lipinski definition) is 16. The molecule has 6 atom stereocenters. The number of aliphatic hydroxyl groups is 1. The van der Waals surface area contributed by atoms with Crippen molar-refractivity contribution in [1.82, 2.24) is 41.8 Å². The zero-order chi connectivity index (χ0) is 53.7. The molecular weight excluding hydrogens is 973 g/mol. The van der Waals surface area contributed by atoms with Gasteiger partial charge < -0.3 is 56.5 Å². The predicted molar refractivity (Wildman–Crippen MR) is 276 cm³/mol. The van der Waals surface area contributed by atoms with Crippen molar-refractivity contribution in [3.8, 4) is 10.4 Å². The van der Waals surface area contributed by atoms with Crippen molar-refractivity contribution in [2.75, 3.05) is 39.5 Å². The summed E-state index contributed by atoms with van der Waals surface area (Å²) in [6.45, 7) is 12.6. The summed E-state index contributed by atoms with van der Waals surface area (Å²) >= 11 is 1.55. The van der Waals surface area contributed by atoms with Crippen molar-refractivity contribution in [2.45, 2.75) is 123 Å². The molecule has 0 aliphatic carbocycles. The average molecular weight is 1040 g/mol. The van der Waals surface area contributed by atoms with Crippen LogP contribution in [0.4, 0.5) is 0 Å². The van der Waals surface area contributed by atoms with Gasteiger partial charge in [0, 0.05) is 38.0 Å². The van der Waals surface area contributed by atoms with E-state index < -0.39 is 76.9 Å². The molecule has 3 aliphatic rings. The highest BCUT2D eigenvalue weighted by Gasteiger charge is 2.45. The molecule has 1 fully saturated rings. The number of esters is 1. The lowest BCUT2D eigenvalue weighted by molar-refractivity contribution is -0.157. The topological polar surface area (TPSA) is 294 Å². The van der Waals surface area contributed by atoms with Crippen molar-refractivity contribution >= 4 is 58.7 Å². The largest absolute Gasteiger partial charge is 0.458 e. The number of aliphatic hydroxyl groups excluding tert-OH is 1. The van der Waals surface area contributed by atoms with Crippen molar-refractivity contribution < 1.29 is 52.9 Å². The molecule has 9 N–H and O–H groups in total. The van der Waals surface area contributed by atoms with E-state index in [1.807, 2.05) is 31.2 Å². The van der Waals surface area contributed by atoms with Gasteiger partial charge in [-0.05, 0) is 93.0 Å². The lowest BCUT2D eigenvalue weighted by Crippen LogP contribution is -2.58. The van der Waals surface area contributed by atoms with Crippen LogP contribution in [-0.2, 0) is 55.9 Å². The Morgan fingerprint density at radius 3 is 2.28 bits per heavy atom. The van der Waals surface area contributed by atoms with Crippen LogP contribution in [0.1, 0.15) is 94.4 Å². The number of β-amino-alcohol motifs (C(OH)–C–C–N with tert-alkyl or cyclic N) is 1. The fraction of sp³-hybridized carbons (Fsp3) is 0.519. The molecule has 1 aromatic heterocycles. The number of carbonyl (C=O) groups is 7. The molecule has 0 bridgehead atoms. The Labute approximate surface area is 435 Å². The standard InChI is InChI=1S/C52H70N10O11S/c1-30-42(74-29-57-30)33-13-11-32(12-14-33)25-56-46(67)38-24-36(63)27-62(38)48(69)43(51(2,3)4)59-40(65)28-72-23-22-71-21-20-54-39(64)19-18-37(49(70)73-52(5,6)7)58-45(66)34-15-8-31(9-16-34)10-17-35-26-55-44-41(35)47(68)61-50(53)60-44/h8-9,11-16,26,29,36-38,41,43-44,55,63H,10,17-25,27-28H2,1-7H3,(H,54,64)(H,56,67)(H,58,66)(H,59,65)(H3,53,60,61,68)/t36-,37+,38?,41?,43?,44?/m1/s1. The second-order valence-corrected chi connectivity index (χ2v) is 21.4. The highest BCUT2D eigenvalue weighted by molar-refractivity contribution is 7.13. The number of ether oxygens (including phenoxy) is 3. The highest BCUT2D eigenvalue weighted by atomic mass is 32.1. The zero-order valence-electron chi connectivity index (χ0n) is 43.1. The number of amides is 6. The number of nitrogens with zero attached hydrogens (tertiary/aromatic N) is 3. The molecular formula is C52H70N10O11S. The van der Waals surface area contributed by atoms with E-state index >= 15 is 0 Å². The lowest BCUT2D eigenvalue weighted by Gasteiger charge is -2.35. The molecule has 6 amide bonds. The normalized spacial score (nSPS) is 19.2. The van der Waals surface area contributed by atoms with Gasteiger partial charge in [-0.25, -0.2) is 14.8 Å². The first-order valence-electron chi connectivity index (χ1n) is 24.7. The molecule has 0 spiro atoms. The number of thiazole rings is 1. The molecule has 4 unspecified atom stereocenters. The van der Waals surface area contributed by atoms with Gasteiger partial charge in [0.2, 0.25) is 29.5 Å². The van der Waals surface area contributed by atoms with Crippen LogP contribution in [-0.4, -0.2) is 138 Å². The Bertz CT molecular complexity index is 2550. The smallest absolute Gasteiger partial charge is 0.329 e. The molecule has 0 saturated carbocycles. The molecule has 22 heteroatoms. The summed E-state index contributed by atoms with van der Waals surface area (Å²) in [4.78, 5) is 103. The zero-order valence-corrected chi connectivity index (χ0v) is 43.9. The summed E-state index contributed by atoms with van der Waals surface area (Å²) in [6.07, 6.45) is 1.58. The maximum Gasteiger partial charge on any atom is 0.329 e. The molecule has 4 heterocycles. The van der Waals surface area contributed by atoms with Crippen LogP contribution in [0.5, 0.6) is 0 Å². The number of aromatic nitrogens is 1. The number of carbonyl (C=O) groups excluding carboxylic acids is 7. The highest BCUT2D eigenvalue weighted by Crippen LogP contribution is 2.30. The molecule has 2 aromatic carbocycles. The van der Waals surface area contributed by atoms with Crippen LogP contribution in [0.3, 0.4) is 0 Å². The van der Waals surface area contributed by atoms with Crippen LogP contribution in [0.15, 0.2) is 70.8 Å². The van der Waals surface area contributed by atoms with Crippen LogP contribution in [0.2, 0.25) is 0 Å². The first kappa shape index (κ1) is 56.5. The SMILES string of the molecule is Cc1ncsc1-c1ccc(CNC(=O)C2C[C@@H](O)CN2C(=O)C(NC(=O)COCCOCCNC(=O)CC[C@H](NC(=O)c2ccc(CCC3=CNC4N=C(N)NC(=O)C34)cc2)C(=O)OC(C)(C)C)C(C)(C)C)cc1. The molecule has 3 aliphatic heterocycles. The van der Waals surface area contributed by atoms with Gasteiger partial charge in [0.15, 0.2) is 5.96 Å². The number of fused-ring (bicyclic) bond motifs is 1. The fourth-order valence-corrected chi connectivity index (χ4v) is 9.40. The van der Waals surface area contributed by atoms with Crippen LogP contribution in [0, 0.1) is 18.3 Å². The lowest BCUT2D eigenvalue weighted by atomic mass is 9.85. The monoisotopic (exact) mass is 1040 g/mol. The van der Waals surface area contributed by atoms with Gasteiger partial charge in [-0.15, -0.1) is 11.3 Å². The molecule has 0 radical (unpaired) electrons. The Kier molecular flexibility index (Phi) is 19.5. The van der Waals surface area contributed by atoms with Crippen LogP contribution < -0.4 is 37.6 Å². The van der Waals surface area contributed by atoms with Gasteiger partial charge >= 0.3 is 5.97 Å². The summed E-state index contributed by atoms with van der Waals surface area (Å²) in [5.41, 5.74) is 10.9. The number of likely N-dealkylation sites (tertiary alicyclic amines) is 1. The minimum atomic E-state index is -1.11. The molecule has 1 saturated heterocycles. The van der Waals surface area contributed by atoms with Gasteiger partial charge in [-0.2, -0.15) is 0 Å². The van der Waals surface area contributed by atoms with Gasteiger partial charge in [-0.3, -0.25) is 34.1 Å². The first-order valence-corrected chi connectivity index (χ1v) is 25.6. The second kappa shape index (κ2) is 25.5. The summed E-state index contributed by atoms with van der Waals surface area (Å²) < 4.78 is 16.6. The minimum Gasteiger partial charge on any atom is -0.458 e. The van der Waals surface area contributed by atoms with E-state index in [1.165, 1.54) is 4.90 Å². The summed E-state index contributed by atoms with van der Waals surface area (Å²) in [6, 6.07) is 11.6. The number of nitrogens with two attached hydrogens (primary N) is 1. The summed E-state index contributed by atoms with van der Waals surface area (Å²) in [7, 11) is 0. The van der Waals surface area contributed by atoms with E-state index in [0.717, 1.165) is 32.8 Å². The number of nitrogens with one attached hydrogen (secondary N) is 6. The van der Waals surface area contributed by atoms with Gasteiger partial charge in [0.25, 0.3) is 5.91 Å². The maximum absolute atomic E-state index is 14.0. The van der Waals surface area contributed by atoms with Gasteiger partial charge in [0.1, 0.15) is 42.4 Å². The Balaban J connectivity index is 0.875. The minimum absolute atomic E-state index is 0.0294. The van der Waals surface area contributed by atoms with E-state index in [9.17, 15) is 38.7 Å². The summed E-state index contributed by atoms with van der Waals surface area (Å²) in [5.74, 6) is -3.60. The van der Waals surface area contributed by atoms with Gasteiger partial charge in [0.05, 0.1) is 42.0 Å². The predicted octanol–water partition coefficient (Wildman–Crippen LogP) is 2.10. The van der Waals surface area contributed by atoms with E-state index in [1.54, 1.807) is 88.9 Å². The number of aliphatic imine (C=N–C) groups is 1. The first-order chi connectivity index (χ1) is 35.1. The number of benzene rings is 2. The van der Waals surface area contributed by atoms with Crippen molar-refractivity contribution in [3.05, 3.63) is 88.2 Å². The number of aryl methyl sites for hydroxylation is 2. The van der Waals surface area contributed by atoms with Crippen molar-refractivity contribution in [3.63, 3.8) is 0 Å². The maximum atomic E-state index is 14.0. The van der Waals surface area contributed by atoms with Gasteiger partial charge in [-0.1, -0.05) is 57.2 Å². The number of rotatable bonds is 23. The number of guanidine groups is 1. The third-order valence-electron chi connectivity index (χ3n) is 12.4. The molecule has 21 nitrogen and oxygen atoms in total. The third kappa shape index (κ3) is 16.1. The number of hydrogen-bond donors (Lipinski definition) is 8. The Morgan fingerprint density at radius 2 is 1.61 bits per heavy atom. The van der Waals surface area contributed by atoms with E-state index in [4.69, 9.17) is 19.9 Å². The molecule has 6 rings (SSSR count). The molecule has 3 aromatic rings. The average Bonchev–Trinajstić information content (AvgIpc) is 4.08. The summed E-state index contributed by atoms with van der Waals surface area (Å²) in [5, 5.41) is 27.3. The Morgan fingerprint density at radius 1 is 0.905 bits per heavy atom. The second-order valence-electron chi connectivity index (χ2n) is 20.6. The molecule has 74 heavy (non-hydrogen) atoms.